The number of hydrogen-bond donors (Lipinski definition) is 0. The molecule has 1 fully saturated rings. The molecule has 90 valence electrons. The lowest BCUT2D eigenvalue weighted by molar-refractivity contribution is 0.295. The molecule has 1 saturated heterocycles. The molecule has 0 atom stereocenters. The predicted octanol–water partition coefficient (Wildman–Crippen LogP) is -0.665. The van der Waals surface area contributed by atoms with Crippen LogP contribution in [-0.4, -0.2) is 52.3 Å². The fourth-order valence-electron chi connectivity index (χ4n) is 1.12. The van der Waals surface area contributed by atoms with Crippen molar-refractivity contribution in [3.05, 3.63) is 0 Å². The molecule has 0 spiro atoms. The quantitative estimate of drug-likeness (QED) is 0.556. The SMILES string of the molecule is [3H][Si]1(C)O[Si]([3H])(C)O[Si]([3H])(C)O[Si]([3H])(C)O[Si]([3H])(C)O1. The van der Waals surface area contributed by atoms with Crippen LogP contribution in [-0.2, 0) is 20.6 Å². The van der Waals surface area contributed by atoms with Crippen molar-refractivity contribution in [3.63, 3.8) is 0 Å². The highest BCUT2D eigenvalue weighted by molar-refractivity contribution is 6.72. The Bertz CT molecular complexity index is 278. The van der Waals surface area contributed by atoms with Crippen molar-refractivity contribution in [1.29, 1.82) is 6.17 Å². The van der Waals surface area contributed by atoms with Crippen molar-refractivity contribution in [3.8, 4) is 0 Å². The Kier molecular flexibility index (Phi) is 3.54. The molecule has 0 aromatic carbocycles. The monoisotopic (exact) mass is 310 g/mol. The molecule has 5 nitrogen and oxygen atoms in total. The van der Waals surface area contributed by atoms with Crippen molar-refractivity contribution in [2.24, 2.45) is 0 Å². The van der Waals surface area contributed by atoms with Gasteiger partial charge in [0.05, 0.1) is 6.17 Å². The molecule has 15 heavy (non-hydrogen) atoms. The molecule has 0 aromatic rings. The van der Waals surface area contributed by atoms with E-state index in [0.717, 1.165) is 0 Å². The van der Waals surface area contributed by atoms with Crippen LogP contribution in [0.25, 0.3) is 0 Å². The second kappa shape index (κ2) is 6.58. The minimum Gasteiger partial charge on any atom is -0.420 e. The summed E-state index contributed by atoms with van der Waals surface area (Å²) >= 11 is 0. The molecule has 1 heterocycles. The summed E-state index contributed by atoms with van der Waals surface area (Å²) in [6.45, 7) is 6.91. The second-order valence-electron chi connectivity index (χ2n) is 2.97. The Hall–Kier alpha value is 0.884. The Balaban J connectivity index is 3.15. The van der Waals surface area contributed by atoms with E-state index in [1.807, 2.05) is 0 Å². The van der Waals surface area contributed by atoms with E-state index in [4.69, 9.17) is 26.7 Å². The Morgan fingerprint density at radius 1 is 0.533 bits per heavy atom. The molecular weight excluding hydrogens is 280 g/mol. The molecular formula is C5H20O5Si5. The predicted molar refractivity (Wildman–Crippen MR) is 70.5 cm³/mol. The minimum absolute atomic E-state index is 1.38. The maximum atomic E-state index is 8.03. The number of rotatable bonds is 0. The van der Waals surface area contributed by atoms with Crippen LogP contribution in [0.1, 0.15) is 0 Å². The average Bonchev–Trinajstić information content (AvgIpc) is 1.84. The third-order valence-electron chi connectivity index (χ3n) is 1.44. The summed E-state index contributed by atoms with van der Waals surface area (Å²) in [7, 11) is -17.8. The van der Waals surface area contributed by atoms with Gasteiger partial charge >= 0.3 is 0 Å². The van der Waals surface area contributed by atoms with Gasteiger partial charge in [0.1, 0.15) is 0 Å². The van der Waals surface area contributed by atoms with Crippen LogP contribution < -0.4 is 0 Å². The van der Waals surface area contributed by atoms with Crippen molar-refractivity contribution >= 4 is 46.1 Å². The van der Waals surface area contributed by atoms with Gasteiger partial charge in [0.15, 0.2) is 0 Å². The zero-order valence-corrected chi connectivity index (χ0v) is 14.5. The summed E-state index contributed by atoms with van der Waals surface area (Å²) in [6.07, 6.45) is 0. The van der Waals surface area contributed by atoms with Crippen LogP contribution in [0.2, 0.25) is 32.7 Å². The van der Waals surface area contributed by atoms with E-state index in [0.29, 0.717) is 0 Å². The van der Waals surface area contributed by atoms with E-state index < -0.39 is 46.1 Å². The highest BCUT2D eigenvalue weighted by Gasteiger charge is 2.25. The molecule has 0 aliphatic carbocycles. The summed E-state index contributed by atoms with van der Waals surface area (Å²) in [5.74, 6) is 0. The molecule has 0 unspecified atom stereocenters. The highest BCUT2D eigenvalue weighted by atomic mass is 28.5. The molecule has 0 aromatic heterocycles. The van der Waals surface area contributed by atoms with Crippen molar-refractivity contribution in [2.45, 2.75) is 32.7 Å². The van der Waals surface area contributed by atoms with Gasteiger partial charge in [0.25, 0.3) is 46.1 Å². The van der Waals surface area contributed by atoms with Crippen molar-refractivity contribution < 1.29 is 20.6 Å². The van der Waals surface area contributed by atoms with Crippen LogP contribution in [0.15, 0.2) is 0 Å². The first-order valence-corrected chi connectivity index (χ1v) is 13.6. The van der Waals surface area contributed by atoms with Crippen LogP contribution in [0.5, 0.6) is 0 Å². The van der Waals surface area contributed by atoms with Gasteiger partial charge in [-0.15, -0.1) is 0 Å². The van der Waals surface area contributed by atoms with Gasteiger partial charge in [-0.25, -0.2) is 0 Å². The smallest absolute Gasteiger partial charge is 0.300 e. The maximum Gasteiger partial charge on any atom is 0.300 e. The summed E-state index contributed by atoms with van der Waals surface area (Å²) in [5.41, 5.74) is 0. The Morgan fingerprint density at radius 2 is 0.667 bits per heavy atom. The summed E-state index contributed by atoms with van der Waals surface area (Å²) in [5, 5.41) is 0. The Morgan fingerprint density at radius 3 is 0.800 bits per heavy atom. The normalized spacial score (nSPS) is 74.3. The third kappa shape index (κ3) is 5.67. The lowest BCUT2D eigenvalue weighted by Crippen LogP contribution is -2.44. The molecule has 0 radical (unpaired) electrons. The van der Waals surface area contributed by atoms with Gasteiger partial charge in [-0.2, -0.15) is 0 Å². The highest BCUT2D eigenvalue weighted by Crippen LogP contribution is 2.06. The molecule has 0 N–H and O–H groups in total. The molecule has 0 saturated carbocycles. The lowest BCUT2D eigenvalue weighted by Gasteiger charge is -2.28. The van der Waals surface area contributed by atoms with Gasteiger partial charge in [-0.05, 0) is 32.7 Å². The van der Waals surface area contributed by atoms with Crippen LogP contribution >= 0.6 is 0 Å². The molecule has 1 aliphatic rings. The maximum absolute atomic E-state index is 8.03. The average molecular weight is 311 g/mol. The summed E-state index contributed by atoms with van der Waals surface area (Å²) < 4.78 is 66.8. The molecule has 0 bridgehead atoms. The summed E-state index contributed by atoms with van der Waals surface area (Å²) in [4.78, 5) is 0. The lowest BCUT2D eigenvalue weighted by atomic mass is 11.9. The summed E-state index contributed by atoms with van der Waals surface area (Å²) in [6, 6.07) is 0. The fourth-order valence-corrected chi connectivity index (χ4v) is 11.9. The van der Waals surface area contributed by atoms with E-state index in [1.54, 1.807) is 0 Å². The third-order valence-corrected chi connectivity index (χ3v) is 12.9. The molecule has 1 aliphatic heterocycles. The van der Waals surface area contributed by atoms with Crippen LogP contribution in [0.3, 0.4) is 0 Å². The van der Waals surface area contributed by atoms with Crippen LogP contribution in [0, 0.1) is 0 Å². The first-order chi connectivity index (χ1) is 8.54. The van der Waals surface area contributed by atoms with Gasteiger partial charge in [0, 0.05) is 0 Å². The number of hydrogen-bond acceptors (Lipinski definition) is 5. The van der Waals surface area contributed by atoms with Crippen LogP contribution in [0.4, 0.5) is 0 Å². The van der Waals surface area contributed by atoms with Gasteiger partial charge in [-0.1, -0.05) is 0 Å². The topological polar surface area (TPSA) is 46.2 Å². The minimum atomic E-state index is -3.55. The first-order valence-electron chi connectivity index (χ1n) is 7.04. The van der Waals surface area contributed by atoms with Gasteiger partial charge in [-0.3, -0.25) is 0 Å². The van der Waals surface area contributed by atoms with Crippen molar-refractivity contribution in [2.75, 3.05) is 0 Å². The van der Waals surface area contributed by atoms with E-state index >= 15 is 0 Å². The van der Waals surface area contributed by atoms with E-state index in [9.17, 15) is 0 Å². The standard InChI is InChI=1S/C5H20O5Si5/c1-11-6-12(2)8-14(4)10-15(5)9-13(3)7-11/h11-15H,1-5H3/i11T,12T,13T,14T,15T. The van der Waals surface area contributed by atoms with Gasteiger partial charge < -0.3 is 20.6 Å². The van der Waals surface area contributed by atoms with E-state index in [2.05, 4.69) is 0 Å². The van der Waals surface area contributed by atoms with E-state index in [1.165, 1.54) is 32.7 Å². The molecule has 1 rings (SSSR count). The first kappa shape index (κ1) is 8.07. The largest absolute Gasteiger partial charge is 0.420 e. The zero-order chi connectivity index (χ0) is 16.0. The second-order valence-corrected chi connectivity index (χ2v) is 12.0. The van der Waals surface area contributed by atoms with Gasteiger partial charge in [0.2, 0.25) is 0 Å². The fraction of sp³-hybridized carbons (Fsp3) is 1.00. The van der Waals surface area contributed by atoms with E-state index in [-0.39, 0.29) is 0 Å². The molecule has 10 heteroatoms. The van der Waals surface area contributed by atoms with Crippen molar-refractivity contribution in [1.82, 2.24) is 0 Å². The Labute approximate surface area is 106 Å². The molecule has 0 amide bonds. The zero-order valence-electron chi connectivity index (χ0n) is 14.5.